The van der Waals surface area contributed by atoms with E-state index in [1.165, 1.54) is 32.4 Å². The minimum Gasteiger partial charge on any atom is -0.370 e. The van der Waals surface area contributed by atoms with E-state index in [-0.39, 0.29) is 6.10 Å². The molecule has 1 aromatic heterocycles. The summed E-state index contributed by atoms with van der Waals surface area (Å²) in [4.78, 5) is 9.21. The van der Waals surface area contributed by atoms with Crippen LogP contribution in [0.25, 0.3) is 0 Å². The van der Waals surface area contributed by atoms with Crippen molar-refractivity contribution in [2.75, 3.05) is 53.4 Å². The van der Waals surface area contributed by atoms with Gasteiger partial charge in [0, 0.05) is 38.9 Å². The molecule has 0 aliphatic carbocycles. The molecule has 2 aliphatic heterocycles. The van der Waals surface area contributed by atoms with Crippen LogP contribution in [0.1, 0.15) is 30.9 Å². The second-order valence-corrected chi connectivity index (χ2v) is 7.26. The molecule has 3 rings (SSSR count). The highest BCUT2D eigenvalue weighted by Gasteiger charge is 2.25. The van der Waals surface area contributed by atoms with Crippen LogP contribution in [-0.4, -0.2) is 79.0 Å². The Balaban J connectivity index is 1.47. The molecule has 0 radical (unpaired) electrons. The highest BCUT2D eigenvalue weighted by molar-refractivity contribution is 5.80. The molecule has 0 bridgehead atoms. The molecule has 0 spiro atoms. The van der Waals surface area contributed by atoms with Gasteiger partial charge in [0.2, 0.25) is 0 Å². The summed E-state index contributed by atoms with van der Waals surface area (Å²) >= 11 is 0. The Kier molecular flexibility index (Phi) is 6.31. The van der Waals surface area contributed by atoms with Gasteiger partial charge < -0.3 is 19.9 Å². The van der Waals surface area contributed by atoms with Crippen molar-refractivity contribution in [3.05, 3.63) is 18.0 Å². The number of morpholine rings is 1. The lowest BCUT2D eigenvalue weighted by atomic mass is 9.94. The smallest absolute Gasteiger partial charge is 0.193 e. The number of piperidine rings is 1. The molecule has 7 nitrogen and oxygen atoms in total. The van der Waals surface area contributed by atoms with Crippen molar-refractivity contribution in [3.63, 3.8) is 0 Å². The van der Waals surface area contributed by atoms with Gasteiger partial charge in [-0.2, -0.15) is 5.10 Å². The van der Waals surface area contributed by atoms with Crippen molar-refractivity contribution in [1.29, 1.82) is 0 Å². The molecule has 1 atom stereocenters. The Hall–Kier alpha value is -1.60. The number of aryl methyl sites for hydroxylation is 1. The van der Waals surface area contributed by atoms with Gasteiger partial charge >= 0.3 is 0 Å². The maximum absolute atomic E-state index is 5.93. The molecular weight excluding hydrogens is 316 g/mol. The largest absolute Gasteiger partial charge is 0.370 e. The first-order chi connectivity index (χ1) is 12.2. The number of rotatable bonds is 4. The van der Waals surface area contributed by atoms with Crippen LogP contribution >= 0.6 is 0 Å². The zero-order valence-corrected chi connectivity index (χ0v) is 15.8. The lowest BCUT2D eigenvalue weighted by Gasteiger charge is -2.35. The molecule has 7 heteroatoms. The first kappa shape index (κ1) is 18.2. The van der Waals surface area contributed by atoms with Gasteiger partial charge in [-0.15, -0.1) is 0 Å². The van der Waals surface area contributed by atoms with Crippen LogP contribution in [0, 0.1) is 5.92 Å². The molecule has 1 N–H and O–H groups in total. The summed E-state index contributed by atoms with van der Waals surface area (Å²) in [5, 5.41) is 7.82. The topological polar surface area (TPSA) is 57.9 Å². The van der Waals surface area contributed by atoms with E-state index < -0.39 is 0 Å². The van der Waals surface area contributed by atoms with Gasteiger partial charge in [0.15, 0.2) is 5.96 Å². The van der Waals surface area contributed by atoms with Crippen molar-refractivity contribution < 1.29 is 4.74 Å². The summed E-state index contributed by atoms with van der Waals surface area (Å²) in [6, 6.07) is 0. The highest BCUT2D eigenvalue weighted by Crippen LogP contribution is 2.22. The van der Waals surface area contributed by atoms with Crippen molar-refractivity contribution in [1.82, 2.24) is 24.9 Å². The Morgan fingerprint density at radius 1 is 1.32 bits per heavy atom. The number of hydrogen-bond donors (Lipinski definition) is 1. The number of aromatic nitrogens is 2. The molecule has 25 heavy (non-hydrogen) atoms. The van der Waals surface area contributed by atoms with E-state index in [1.807, 2.05) is 31.2 Å². The fourth-order valence-electron chi connectivity index (χ4n) is 3.72. The first-order valence-corrected chi connectivity index (χ1v) is 9.40. The number of nitrogens with one attached hydrogen (secondary N) is 1. The Morgan fingerprint density at radius 3 is 2.80 bits per heavy atom. The number of hydrogen-bond acceptors (Lipinski definition) is 4. The molecule has 1 aromatic rings. The average molecular weight is 348 g/mol. The van der Waals surface area contributed by atoms with E-state index >= 15 is 0 Å². The van der Waals surface area contributed by atoms with Crippen LogP contribution in [0.15, 0.2) is 17.4 Å². The van der Waals surface area contributed by atoms with Crippen molar-refractivity contribution >= 4 is 5.96 Å². The van der Waals surface area contributed by atoms with Gasteiger partial charge in [-0.1, -0.05) is 0 Å². The number of nitrogens with zero attached hydrogens (tertiary/aromatic N) is 5. The monoisotopic (exact) mass is 348 g/mol. The summed E-state index contributed by atoms with van der Waals surface area (Å²) in [7, 11) is 6.02. The number of guanidine groups is 1. The Labute approximate surface area is 151 Å². The maximum Gasteiger partial charge on any atom is 0.193 e. The van der Waals surface area contributed by atoms with Crippen LogP contribution in [0.4, 0.5) is 0 Å². The zero-order chi connectivity index (χ0) is 17.6. The summed E-state index contributed by atoms with van der Waals surface area (Å²) in [6.07, 6.45) is 7.85. The van der Waals surface area contributed by atoms with Gasteiger partial charge in [0.25, 0.3) is 0 Å². The van der Waals surface area contributed by atoms with E-state index in [2.05, 4.69) is 32.3 Å². The number of aliphatic imine (C=N–C) groups is 1. The van der Waals surface area contributed by atoms with Gasteiger partial charge in [0.1, 0.15) is 6.10 Å². The average Bonchev–Trinajstić information content (AvgIpc) is 3.07. The SMILES string of the molecule is CN=C(NCCC1CCN(C)CC1)N1CCOC(c2cnn(C)c2)C1. The third-order valence-corrected chi connectivity index (χ3v) is 5.35. The van der Waals surface area contributed by atoms with Crippen LogP contribution in [-0.2, 0) is 11.8 Å². The third-order valence-electron chi connectivity index (χ3n) is 5.35. The van der Waals surface area contributed by atoms with Crippen molar-refractivity contribution in [2.45, 2.75) is 25.4 Å². The van der Waals surface area contributed by atoms with E-state index in [4.69, 9.17) is 4.74 Å². The fraction of sp³-hybridized carbons (Fsp3) is 0.778. The molecule has 1 unspecified atom stereocenters. The quantitative estimate of drug-likeness (QED) is 0.652. The molecule has 140 valence electrons. The molecule has 0 amide bonds. The Morgan fingerprint density at radius 2 is 2.12 bits per heavy atom. The molecule has 2 saturated heterocycles. The van der Waals surface area contributed by atoms with E-state index in [9.17, 15) is 0 Å². The van der Waals surface area contributed by atoms with Crippen LogP contribution in [0.3, 0.4) is 0 Å². The lowest BCUT2D eigenvalue weighted by Crippen LogP contribution is -2.48. The summed E-state index contributed by atoms with van der Waals surface area (Å²) in [6.45, 7) is 5.88. The van der Waals surface area contributed by atoms with E-state index in [1.54, 1.807) is 0 Å². The van der Waals surface area contributed by atoms with Gasteiger partial charge in [-0.25, -0.2) is 0 Å². The van der Waals surface area contributed by atoms with Crippen LogP contribution in [0.2, 0.25) is 0 Å². The van der Waals surface area contributed by atoms with Crippen LogP contribution < -0.4 is 5.32 Å². The third kappa shape index (κ3) is 4.95. The summed E-state index contributed by atoms with van der Waals surface area (Å²) < 4.78 is 7.76. The number of likely N-dealkylation sites (tertiary alicyclic amines) is 1. The maximum atomic E-state index is 5.93. The second-order valence-electron chi connectivity index (χ2n) is 7.26. The normalized spacial score (nSPS) is 23.9. The predicted molar refractivity (Wildman–Crippen MR) is 99.7 cm³/mol. The standard InChI is InChI=1S/C18H32N6O/c1-19-18(20-7-4-15-5-8-22(2)9-6-15)24-10-11-25-17(14-24)16-12-21-23(3)13-16/h12-13,15,17H,4-11,14H2,1-3H3,(H,19,20). The summed E-state index contributed by atoms with van der Waals surface area (Å²) in [5.41, 5.74) is 1.13. The minimum absolute atomic E-state index is 0.0647. The van der Waals surface area contributed by atoms with Crippen molar-refractivity contribution in [2.24, 2.45) is 18.0 Å². The van der Waals surface area contributed by atoms with Crippen molar-refractivity contribution in [3.8, 4) is 0 Å². The molecular formula is C18H32N6O. The van der Waals surface area contributed by atoms with Gasteiger partial charge in [-0.3, -0.25) is 9.67 Å². The zero-order valence-electron chi connectivity index (χ0n) is 15.8. The van der Waals surface area contributed by atoms with Gasteiger partial charge in [0.05, 0.1) is 19.3 Å². The van der Waals surface area contributed by atoms with E-state index in [0.717, 1.165) is 43.7 Å². The summed E-state index contributed by atoms with van der Waals surface area (Å²) in [5.74, 6) is 1.83. The Bertz CT molecular complexity index is 564. The number of ether oxygens (including phenoxy) is 1. The highest BCUT2D eigenvalue weighted by atomic mass is 16.5. The fourth-order valence-corrected chi connectivity index (χ4v) is 3.72. The molecule has 2 aliphatic rings. The minimum atomic E-state index is 0.0647. The molecule has 2 fully saturated rings. The van der Waals surface area contributed by atoms with Gasteiger partial charge in [-0.05, 0) is 45.3 Å². The predicted octanol–water partition coefficient (Wildman–Crippen LogP) is 1.10. The van der Waals surface area contributed by atoms with E-state index in [0.29, 0.717) is 0 Å². The van der Waals surface area contributed by atoms with Crippen LogP contribution in [0.5, 0.6) is 0 Å². The lowest BCUT2D eigenvalue weighted by molar-refractivity contribution is -0.00804. The first-order valence-electron chi connectivity index (χ1n) is 9.40. The molecule has 0 saturated carbocycles. The molecule has 0 aromatic carbocycles. The molecule has 3 heterocycles. The second kappa shape index (κ2) is 8.67.